The normalized spacial score (nSPS) is 17.9. The largest absolute Gasteiger partial charge is 0.480 e. The molecule has 8 nitrogen and oxygen atoms in total. The molecule has 1 heterocycles. The Bertz CT molecular complexity index is 383. The van der Waals surface area contributed by atoms with Crippen LogP contribution in [0.15, 0.2) is 0 Å². The molecule has 0 aliphatic heterocycles. The highest BCUT2D eigenvalue weighted by Gasteiger charge is 2.46. The minimum atomic E-state index is -1.14. The predicted octanol–water partition coefficient (Wildman–Crippen LogP) is -1.06. The Balaban J connectivity index is 2.08. The van der Waals surface area contributed by atoms with E-state index in [1.807, 2.05) is 0 Å². The molecule has 1 aliphatic carbocycles. The van der Waals surface area contributed by atoms with Gasteiger partial charge in [-0.3, -0.25) is 4.79 Å². The van der Waals surface area contributed by atoms with Gasteiger partial charge in [-0.2, -0.15) is 5.21 Å². The van der Waals surface area contributed by atoms with Crippen LogP contribution in [0.1, 0.15) is 29.9 Å². The third-order valence-corrected chi connectivity index (χ3v) is 2.52. The molecule has 0 unspecified atom stereocenters. The number of carboxylic acids is 1. The van der Waals surface area contributed by atoms with Crippen LogP contribution >= 0.6 is 0 Å². The zero-order chi connectivity index (χ0) is 10.9. The number of nitrogens with zero attached hydrogens (tertiary/aromatic N) is 3. The molecule has 2 rings (SSSR count). The fraction of sp³-hybridized carbons (Fsp3) is 0.571. The lowest BCUT2D eigenvalue weighted by Crippen LogP contribution is -2.59. The lowest BCUT2D eigenvalue weighted by atomic mass is 9.77. The fourth-order valence-corrected chi connectivity index (χ4v) is 1.45. The Morgan fingerprint density at radius 1 is 1.47 bits per heavy atom. The summed E-state index contributed by atoms with van der Waals surface area (Å²) in [6.45, 7) is 0. The highest BCUT2D eigenvalue weighted by molar-refractivity contribution is 5.95. The molecule has 80 valence electrons. The number of nitrogens with one attached hydrogen (secondary N) is 2. The van der Waals surface area contributed by atoms with Crippen molar-refractivity contribution in [2.24, 2.45) is 0 Å². The van der Waals surface area contributed by atoms with E-state index in [1.165, 1.54) is 0 Å². The minimum Gasteiger partial charge on any atom is -0.480 e. The lowest BCUT2D eigenvalue weighted by molar-refractivity contribution is -0.148. The highest BCUT2D eigenvalue weighted by Crippen LogP contribution is 2.32. The average Bonchev–Trinajstić information content (AvgIpc) is 2.62. The van der Waals surface area contributed by atoms with Crippen LogP contribution in [0.25, 0.3) is 0 Å². The van der Waals surface area contributed by atoms with Crippen molar-refractivity contribution >= 4 is 11.9 Å². The number of hydrogen-bond donors (Lipinski definition) is 3. The Morgan fingerprint density at radius 2 is 2.20 bits per heavy atom. The van der Waals surface area contributed by atoms with Gasteiger partial charge in [0.1, 0.15) is 5.54 Å². The molecule has 0 radical (unpaired) electrons. The first-order valence-corrected chi connectivity index (χ1v) is 4.43. The second-order valence-electron chi connectivity index (χ2n) is 3.43. The van der Waals surface area contributed by atoms with E-state index in [-0.39, 0.29) is 5.82 Å². The number of tetrazole rings is 1. The summed E-state index contributed by atoms with van der Waals surface area (Å²) in [4.78, 5) is 22.4. The molecule has 3 N–H and O–H groups in total. The Kier molecular flexibility index (Phi) is 2.10. The Morgan fingerprint density at radius 3 is 2.60 bits per heavy atom. The van der Waals surface area contributed by atoms with Crippen LogP contribution in [-0.4, -0.2) is 43.1 Å². The van der Waals surface area contributed by atoms with Crippen LogP contribution in [0.4, 0.5) is 0 Å². The third-order valence-electron chi connectivity index (χ3n) is 2.52. The molecule has 0 saturated heterocycles. The molecule has 1 aliphatic rings. The van der Waals surface area contributed by atoms with Gasteiger partial charge >= 0.3 is 5.97 Å². The number of carbonyl (C=O) groups excluding carboxylic acids is 1. The molecule has 1 saturated carbocycles. The molecule has 0 spiro atoms. The molecule has 0 aromatic carbocycles. The maximum Gasteiger partial charge on any atom is 0.329 e. The molecular weight excluding hydrogens is 202 g/mol. The number of carboxylic acid groups (broad SMARTS) is 1. The molecule has 8 heteroatoms. The average molecular weight is 211 g/mol. The zero-order valence-corrected chi connectivity index (χ0v) is 7.73. The van der Waals surface area contributed by atoms with E-state index in [0.29, 0.717) is 12.8 Å². The van der Waals surface area contributed by atoms with Crippen molar-refractivity contribution in [3.8, 4) is 0 Å². The van der Waals surface area contributed by atoms with E-state index < -0.39 is 17.4 Å². The van der Waals surface area contributed by atoms with Gasteiger partial charge in [-0.1, -0.05) is 0 Å². The summed E-state index contributed by atoms with van der Waals surface area (Å²) in [5.74, 6) is -1.79. The van der Waals surface area contributed by atoms with Crippen LogP contribution in [0, 0.1) is 0 Å². The summed E-state index contributed by atoms with van der Waals surface area (Å²) in [5.41, 5.74) is -1.14. The van der Waals surface area contributed by atoms with Crippen LogP contribution in [0.3, 0.4) is 0 Å². The van der Waals surface area contributed by atoms with Crippen molar-refractivity contribution in [1.82, 2.24) is 25.9 Å². The number of H-pyrrole nitrogens is 1. The van der Waals surface area contributed by atoms with Crippen LogP contribution in [0.5, 0.6) is 0 Å². The molecule has 0 bridgehead atoms. The number of hydrogen-bond acceptors (Lipinski definition) is 5. The molecular formula is C7H9N5O3. The van der Waals surface area contributed by atoms with E-state index in [4.69, 9.17) is 5.11 Å². The van der Waals surface area contributed by atoms with E-state index in [9.17, 15) is 9.59 Å². The number of aliphatic carboxylic acids is 1. The molecule has 1 amide bonds. The van der Waals surface area contributed by atoms with Crippen molar-refractivity contribution in [2.75, 3.05) is 0 Å². The first kappa shape index (κ1) is 9.56. The summed E-state index contributed by atoms with van der Waals surface area (Å²) in [7, 11) is 0. The van der Waals surface area contributed by atoms with Gasteiger partial charge in [-0.15, -0.1) is 10.2 Å². The van der Waals surface area contributed by atoms with E-state index in [2.05, 4.69) is 25.9 Å². The molecule has 0 atom stereocenters. The van der Waals surface area contributed by atoms with Gasteiger partial charge in [-0.05, 0) is 24.5 Å². The number of amides is 1. The second kappa shape index (κ2) is 3.30. The van der Waals surface area contributed by atoms with Crippen molar-refractivity contribution in [3.63, 3.8) is 0 Å². The summed E-state index contributed by atoms with van der Waals surface area (Å²) >= 11 is 0. The smallest absolute Gasteiger partial charge is 0.329 e. The van der Waals surface area contributed by atoms with Crippen LogP contribution in [-0.2, 0) is 4.79 Å². The minimum absolute atomic E-state index is 0.150. The van der Waals surface area contributed by atoms with E-state index in [1.54, 1.807) is 0 Å². The molecule has 1 aromatic heterocycles. The number of aromatic nitrogens is 4. The SMILES string of the molecule is O=C(NC1(C(=O)O)CCC1)c1nn[nH]n1. The van der Waals surface area contributed by atoms with Gasteiger partial charge in [-0.25, -0.2) is 4.79 Å². The Hall–Kier alpha value is -1.99. The van der Waals surface area contributed by atoms with Gasteiger partial charge < -0.3 is 10.4 Å². The predicted molar refractivity (Wildman–Crippen MR) is 45.9 cm³/mol. The maximum absolute atomic E-state index is 11.5. The Labute approximate surface area is 84.1 Å². The van der Waals surface area contributed by atoms with Crippen LogP contribution in [0.2, 0.25) is 0 Å². The fourth-order valence-electron chi connectivity index (χ4n) is 1.45. The monoisotopic (exact) mass is 211 g/mol. The van der Waals surface area contributed by atoms with Crippen LogP contribution < -0.4 is 5.32 Å². The quantitative estimate of drug-likeness (QED) is 0.585. The molecule has 1 aromatic rings. The first-order chi connectivity index (χ1) is 7.14. The number of carbonyl (C=O) groups is 2. The number of aromatic amines is 1. The van der Waals surface area contributed by atoms with E-state index in [0.717, 1.165) is 6.42 Å². The van der Waals surface area contributed by atoms with Crippen molar-refractivity contribution in [3.05, 3.63) is 5.82 Å². The van der Waals surface area contributed by atoms with Gasteiger partial charge in [0.15, 0.2) is 0 Å². The summed E-state index contributed by atoms with van der Waals surface area (Å²) < 4.78 is 0. The summed E-state index contributed by atoms with van der Waals surface area (Å²) in [6.07, 6.45) is 1.66. The third kappa shape index (κ3) is 1.53. The highest BCUT2D eigenvalue weighted by atomic mass is 16.4. The summed E-state index contributed by atoms with van der Waals surface area (Å²) in [5, 5.41) is 23.6. The van der Waals surface area contributed by atoms with E-state index >= 15 is 0 Å². The van der Waals surface area contributed by atoms with Gasteiger partial charge in [0.25, 0.3) is 11.7 Å². The first-order valence-electron chi connectivity index (χ1n) is 4.43. The van der Waals surface area contributed by atoms with Gasteiger partial charge in [0, 0.05) is 0 Å². The van der Waals surface area contributed by atoms with Crippen molar-refractivity contribution in [2.45, 2.75) is 24.8 Å². The number of rotatable bonds is 3. The second-order valence-corrected chi connectivity index (χ2v) is 3.43. The van der Waals surface area contributed by atoms with Crippen molar-refractivity contribution < 1.29 is 14.7 Å². The standard InChI is InChI=1S/C7H9N5O3/c13-5(4-9-11-12-10-4)8-7(6(14)15)2-1-3-7/h1-3H2,(H,8,13)(H,14,15)(H,9,10,11,12). The van der Waals surface area contributed by atoms with Gasteiger partial charge in [0.2, 0.25) is 0 Å². The maximum atomic E-state index is 11.5. The molecule has 1 fully saturated rings. The summed E-state index contributed by atoms with van der Waals surface area (Å²) in [6, 6.07) is 0. The van der Waals surface area contributed by atoms with Gasteiger partial charge in [0.05, 0.1) is 0 Å². The molecule has 15 heavy (non-hydrogen) atoms. The van der Waals surface area contributed by atoms with Crippen molar-refractivity contribution in [1.29, 1.82) is 0 Å². The topological polar surface area (TPSA) is 121 Å². The zero-order valence-electron chi connectivity index (χ0n) is 7.73. The lowest BCUT2D eigenvalue weighted by Gasteiger charge is -2.37.